The number of nitrogens with two attached hydrogens (primary N) is 1. The fourth-order valence-corrected chi connectivity index (χ4v) is 2.34. The molecule has 2 rings (SSSR count). The van der Waals surface area contributed by atoms with Gasteiger partial charge in [-0.25, -0.2) is 0 Å². The lowest BCUT2D eigenvalue weighted by molar-refractivity contribution is 0.414. The van der Waals surface area contributed by atoms with E-state index in [1.165, 1.54) is 16.7 Å². The molecule has 19 heavy (non-hydrogen) atoms. The van der Waals surface area contributed by atoms with Crippen LogP contribution >= 0.6 is 0 Å². The van der Waals surface area contributed by atoms with Gasteiger partial charge in [-0.1, -0.05) is 42.0 Å². The van der Waals surface area contributed by atoms with Crippen LogP contribution in [0.25, 0.3) is 0 Å². The van der Waals surface area contributed by atoms with Gasteiger partial charge in [0, 0.05) is 5.92 Å². The second-order valence-corrected chi connectivity index (χ2v) is 4.90. The predicted molar refractivity (Wildman–Crippen MR) is 79.7 cm³/mol. The van der Waals surface area contributed by atoms with E-state index in [2.05, 4.69) is 43.3 Å². The highest BCUT2D eigenvalue weighted by Gasteiger charge is 2.10. The van der Waals surface area contributed by atoms with Crippen molar-refractivity contribution in [2.75, 3.05) is 13.7 Å². The summed E-state index contributed by atoms with van der Waals surface area (Å²) in [6, 6.07) is 16.8. The Hall–Kier alpha value is -1.80. The fraction of sp³-hybridized carbons (Fsp3) is 0.294. The van der Waals surface area contributed by atoms with Gasteiger partial charge in [0.15, 0.2) is 0 Å². The minimum Gasteiger partial charge on any atom is -0.497 e. The molecule has 1 unspecified atom stereocenters. The molecule has 0 fully saturated rings. The Morgan fingerprint density at radius 3 is 2.42 bits per heavy atom. The summed E-state index contributed by atoms with van der Waals surface area (Å²) in [5.74, 6) is 1.24. The van der Waals surface area contributed by atoms with E-state index in [-0.39, 0.29) is 0 Å². The second kappa shape index (κ2) is 6.39. The first-order chi connectivity index (χ1) is 9.22. The smallest absolute Gasteiger partial charge is 0.118 e. The molecule has 0 radical (unpaired) electrons. The Balaban J connectivity index is 2.15. The molecule has 0 aliphatic carbocycles. The van der Waals surface area contributed by atoms with Gasteiger partial charge in [-0.2, -0.15) is 0 Å². The highest BCUT2D eigenvalue weighted by atomic mass is 16.5. The maximum atomic E-state index is 5.93. The van der Waals surface area contributed by atoms with Crippen molar-refractivity contribution in [1.29, 1.82) is 0 Å². The lowest BCUT2D eigenvalue weighted by Gasteiger charge is -2.16. The monoisotopic (exact) mass is 255 g/mol. The molecule has 0 aliphatic rings. The molecular formula is C17H21NO. The lowest BCUT2D eigenvalue weighted by atomic mass is 9.91. The minimum atomic E-state index is 0.354. The Kier molecular flexibility index (Phi) is 4.58. The number of ether oxygens (including phenoxy) is 1. The van der Waals surface area contributed by atoms with Crippen molar-refractivity contribution < 1.29 is 4.74 Å². The van der Waals surface area contributed by atoms with Crippen LogP contribution in [0.15, 0.2) is 48.5 Å². The maximum absolute atomic E-state index is 5.93. The molecule has 2 nitrogen and oxygen atoms in total. The number of rotatable bonds is 5. The third-order valence-electron chi connectivity index (χ3n) is 3.44. The predicted octanol–water partition coefficient (Wildman–Crippen LogP) is 3.29. The van der Waals surface area contributed by atoms with Gasteiger partial charge in [-0.15, -0.1) is 0 Å². The van der Waals surface area contributed by atoms with Gasteiger partial charge in [-0.05, 0) is 43.1 Å². The average molecular weight is 255 g/mol. The zero-order chi connectivity index (χ0) is 13.7. The third-order valence-corrected chi connectivity index (χ3v) is 3.44. The molecule has 1 atom stereocenters. The zero-order valence-electron chi connectivity index (χ0n) is 11.6. The van der Waals surface area contributed by atoms with E-state index in [1.54, 1.807) is 7.11 Å². The van der Waals surface area contributed by atoms with Gasteiger partial charge in [0.1, 0.15) is 5.75 Å². The van der Waals surface area contributed by atoms with Crippen LogP contribution in [0.3, 0.4) is 0 Å². The average Bonchev–Trinajstić information content (AvgIpc) is 2.45. The highest BCUT2D eigenvalue weighted by molar-refractivity contribution is 5.31. The Labute approximate surface area is 115 Å². The van der Waals surface area contributed by atoms with Gasteiger partial charge in [0.25, 0.3) is 0 Å². The Morgan fingerprint density at radius 1 is 1.11 bits per heavy atom. The van der Waals surface area contributed by atoms with Crippen LogP contribution in [-0.2, 0) is 6.42 Å². The Morgan fingerprint density at radius 2 is 1.84 bits per heavy atom. The summed E-state index contributed by atoms with van der Waals surface area (Å²) in [4.78, 5) is 0. The summed E-state index contributed by atoms with van der Waals surface area (Å²) in [6.45, 7) is 2.77. The van der Waals surface area contributed by atoms with Crippen LogP contribution in [0, 0.1) is 6.92 Å². The first kappa shape index (κ1) is 13.6. The van der Waals surface area contributed by atoms with Crippen LogP contribution in [0.5, 0.6) is 5.75 Å². The molecule has 0 aromatic heterocycles. The minimum absolute atomic E-state index is 0.354. The normalized spacial score (nSPS) is 12.2. The van der Waals surface area contributed by atoms with Crippen molar-refractivity contribution in [3.05, 3.63) is 65.2 Å². The standard InChI is InChI=1S/C17H21NO/c1-13-4-3-5-14(10-13)11-16(12-18)15-6-8-17(19-2)9-7-15/h3-10,16H,11-12,18H2,1-2H3. The van der Waals surface area contributed by atoms with Crippen LogP contribution in [0.1, 0.15) is 22.6 Å². The van der Waals surface area contributed by atoms with Gasteiger partial charge in [0.2, 0.25) is 0 Å². The van der Waals surface area contributed by atoms with E-state index < -0.39 is 0 Å². The molecule has 0 saturated carbocycles. The molecule has 2 aromatic rings. The molecule has 0 saturated heterocycles. The number of methoxy groups -OCH3 is 1. The summed E-state index contributed by atoms with van der Waals surface area (Å²) in [6.07, 6.45) is 0.977. The van der Waals surface area contributed by atoms with Crippen molar-refractivity contribution in [3.63, 3.8) is 0 Å². The third kappa shape index (κ3) is 3.58. The van der Waals surface area contributed by atoms with Gasteiger partial charge < -0.3 is 10.5 Å². The summed E-state index contributed by atoms with van der Waals surface area (Å²) >= 11 is 0. The SMILES string of the molecule is COc1ccc(C(CN)Cc2cccc(C)c2)cc1. The topological polar surface area (TPSA) is 35.2 Å². The largest absolute Gasteiger partial charge is 0.497 e. The first-order valence-corrected chi connectivity index (χ1v) is 6.62. The molecule has 2 N–H and O–H groups in total. The van der Waals surface area contributed by atoms with E-state index in [9.17, 15) is 0 Å². The molecule has 100 valence electrons. The lowest BCUT2D eigenvalue weighted by Crippen LogP contribution is -2.15. The van der Waals surface area contributed by atoms with E-state index in [1.807, 2.05) is 12.1 Å². The molecular weight excluding hydrogens is 234 g/mol. The summed E-state index contributed by atoms with van der Waals surface area (Å²) in [7, 11) is 1.68. The molecule has 2 heteroatoms. The van der Waals surface area contributed by atoms with E-state index >= 15 is 0 Å². The maximum Gasteiger partial charge on any atom is 0.118 e. The quantitative estimate of drug-likeness (QED) is 0.889. The van der Waals surface area contributed by atoms with Crippen LogP contribution in [-0.4, -0.2) is 13.7 Å². The molecule has 0 spiro atoms. The van der Waals surface area contributed by atoms with Gasteiger partial charge in [0.05, 0.1) is 7.11 Å². The zero-order valence-corrected chi connectivity index (χ0v) is 11.6. The van der Waals surface area contributed by atoms with Crippen LogP contribution in [0.2, 0.25) is 0 Å². The first-order valence-electron chi connectivity index (χ1n) is 6.62. The van der Waals surface area contributed by atoms with E-state index in [0.29, 0.717) is 12.5 Å². The fourth-order valence-electron chi connectivity index (χ4n) is 2.34. The summed E-state index contributed by atoms with van der Waals surface area (Å²) < 4.78 is 5.19. The molecule has 0 heterocycles. The molecule has 0 amide bonds. The molecule has 2 aromatic carbocycles. The van der Waals surface area contributed by atoms with Crippen molar-refractivity contribution in [2.45, 2.75) is 19.3 Å². The van der Waals surface area contributed by atoms with Crippen molar-refractivity contribution in [2.24, 2.45) is 5.73 Å². The number of hydrogen-bond donors (Lipinski definition) is 1. The summed E-state index contributed by atoms with van der Waals surface area (Å²) in [5, 5.41) is 0. The van der Waals surface area contributed by atoms with Crippen LogP contribution < -0.4 is 10.5 Å². The number of hydrogen-bond acceptors (Lipinski definition) is 2. The van der Waals surface area contributed by atoms with Crippen molar-refractivity contribution in [1.82, 2.24) is 0 Å². The number of aryl methyl sites for hydroxylation is 1. The van der Waals surface area contributed by atoms with E-state index in [4.69, 9.17) is 10.5 Å². The molecule has 0 aliphatic heterocycles. The van der Waals surface area contributed by atoms with Crippen LogP contribution in [0.4, 0.5) is 0 Å². The molecule has 0 bridgehead atoms. The van der Waals surface area contributed by atoms with Gasteiger partial charge in [-0.3, -0.25) is 0 Å². The van der Waals surface area contributed by atoms with Crippen molar-refractivity contribution >= 4 is 0 Å². The Bertz CT molecular complexity index is 519. The second-order valence-electron chi connectivity index (χ2n) is 4.90. The number of benzene rings is 2. The summed E-state index contributed by atoms with van der Waals surface area (Å²) in [5.41, 5.74) is 9.83. The highest BCUT2D eigenvalue weighted by Crippen LogP contribution is 2.22. The van der Waals surface area contributed by atoms with Crippen molar-refractivity contribution in [3.8, 4) is 5.75 Å². The van der Waals surface area contributed by atoms with Gasteiger partial charge >= 0.3 is 0 Å². The van der Waals surface area contributed by atoms with E-state index in [0.717, 1.165) is 12.2 Å².